The average molecular weight is 356 g/mol. The summed E-state index contributed by atoms with van der Waals surface area (Å²) in [6.07, 6.45) is -0.632. The molecular weight excluding hydrogens is 336 g/mol. The molecule has 0 saturated heterocycles. The van der Waals surface area contributed by atoms with E-state index in [9.17, 15) is 9.59 Å². The number of aryl methyl sites for hydroxylation is 3. The van der Waals surface area contributed by atoms with Gasteiger partial charge in [-0.2, -0.15) is 0 Å². The van der Waals surface area contributed by atoms with Crippen molar-refractivity contribution in [3.63, 3.8) is 0 Å². The molecule has 5 nitrogen and oxygen atoms in total. The predicted molar refractivity (Wildman–Crippen MR) is 102 cm³/mol. The quantitative estimate of drug-likeness (QED) is 0.777. The number of fused-ring (bicyclic) bond motifs is 1. The van der Waals surface area contributed by atoms with Crippen molar-refractivity contribution in [1.29, 1.82) is 0 Å². The number of amides is 1. The lowest BCUT2D eigenvalue weighted by Gasteiger charge is -2.15. The molecule has 6 heteroatoms. The fourth-order valence-electron chi connectivity index (χ4n) is 2.50. The van der Waals surface area contributed by atoms with Crippen LogP contribution >= 0.6 is 11.3 Å². The number of hydrogen-bond donors (Lipinski definition) is 1. The number of nitrogens with one attached hydrogen (secondary N) is 1. The Balaban J connectivity index is 1.72. The zero-order valence-corrected chi connectivity index (χ0v) is 15.4. The Hall–Kier alpha value is -2.60. The second kappa shape index (κ2) is 6.72. The van der Waals surface area contributed by atoms with Crippen LogP contribution in [0.1, 0.15) is 18.1 Å². The fourth-order valence-corrected chi connectivity index (χ4v) is 3.42. The molecule has 2 aromatic carbocycles. The number of rotatable bonds is 4. The van der Waals surface area contributed by atoms with Gasteiger partial charge in [0.05, 0.1) is 10.2 Å². The third-order valence-corrected chi connectivity index (χ3v) is 5.22. The second-order valence-electron chi connectivity index (χ2n) is 6.10. The summed E-state index contributed by atoms with van der Waals surface area (Å²) >= 11 is 1.16. The smallest absolute Gasteiger partial charge is 0.307 e. The summed E-state index contributed by atoms with van der Waals surface area (Å²) in [5.74, 6) is 0.434. The third-order valence-electron chi connectivity index (χ3n) is 4.22. The molecular formula is C19H20N2O3S. The van der Waals surface area contributed by atoms with Gasteiger partial charge in [0.25, 0.3) is 5.91 Å². The van der Waals surface area contributed by atoms with E-state index in [2.05, 4.69) is 5.32 Å². The number of carbonyl (C=O) groups is 1. The van der Waals surface area contributed by atoms with Crippen LogP contribution in [0.2, 0.25) is 0 Å². The Morgan fingerprint density at radius 2 is 1.92 bits per heavy atom. The predicted octanol–water partition coefficient (Wildman–Crippen LogP) is 3.62. The minimum absolute atomic E-state index is 0.0232. The summed E-state index contributed by atoms with van der Waals surface area (Å²) in [6, 6.07) is 11.2. The summed E-state index contributed by atoms with van der Waals surface area (Å²) < 4.78 is 8.17. The minimum Gasteiger partial charge on any atom is -0.481 e. The average Bonchev–Trinajstić information content (AvgIpc) is 2.85. The topological polar surface area (TPSA) is 60.3 Å². The van der Waals surface area contributed by atoms with E-state index in [1.54, 1.807) is 24.6 Å². The first-order valence-corrected chi connectivity index (χ1v) is 8.81. The van der Waals surface area contributed by atoms with Crippen molar-refractivity contribution in [3.8, 4) is 5.75 Å². The van der Waals surface area contributed by atoms with Crippen LogP contribution in [-0.4, -0.2) is 16.6 Å². The monoisotopic (exact) mass is 356 g/mol. The van der Waals surface area contributed by atoms with Crippen molar-refractivity contribution < 1.29 is 9.53 Å². The molecule has 3 aromatic rings. The second-order valence-corrected chi connectivity index (χ2v) is 7.10. The summed E-state index contributed by atoms with van der Waals surface area (Å²) in [6.45, 7) is 5.75. The van der Waals surface area contributed by atoms with Gasteiger partial charge in [-0.3, -0.25) is 9.59 Å². The molecule has 0 fully saturated rings. The van der Waals surface area contributed by atoms with Gasteiger partial charge in [-0.25, -0.2) is 0 Å². The molecule has 0 aliphatic rings. The van der Waals surface area contributed by atoms with Gasteiger partial charge >= 0.3 is 4.87 Å². The molecule has 1 amide bonds. The number of thiazole rings is 1. The molecule has 0 aliphatic heterocycles. The van der Waals surface area contributed by atoms with E-state index in [0.29, 0.717) is 11.4 Å². The number of hydrogen-bond acceptors (Lipinski definition) is 4. The lowest BCUT2D eigenvalue weighted by Crippen LogP contribution is -2.30. The maximum atomic E-state index is 12.4. The molecule has 1 atom stereocenters. The van der Waals surface area contributed by atoms with Gasteiger partial charge in [-0.05, 0) is 62.2 Å². The Morgan fingerprint density at radius 3 is 2.64 bits per heavy atom. The van der Waals surface area contributed by atoms with Gasteiger partial charge in [-0.1, -0.05) is 17.4 Å². The zero-order chi connectivity index (χ0) is 18.1. The molecule has 0 bridgehead atoms. The highest BCUT2D eigenvalue weighted by molar-refractivity contribution is 7.16. The van der Waals surface area contributed by atoms with Crippen LogP contribution in [-0.2, 0) is 11.8 Å². The van der Waals surface area contributed by atoms with Crippen LogP contribution in [0.5, 0.6) is 5.75 Å². The van der Waals surface area contributed by atoms with E-state index in [1.807, 2.05) is 44.2 Å². The number of nitrogens with zero attached hydrogens (tertiary/aromatic N) is 1. The lowest BCUT2D eigenvalue weighted by atomic mass is 10.1. The molecule has 1 N–H and O–H groups in total. The Morgan fingerprint density at radius 1 is 1.16 bits per heavy atom. The molecule has 0 radical (unpaired) electrons. The molecule has 0 aliphatic carbocycles. The van der Waals surface area contributed by atoms with Crippen LogP contribution in [0.4, 0.5) is 5.69 Å². The van der Waals surface area contributed by atoms with Gasteiger partial charge in [0.2, 0.25) is 0 Å². The van der Waals surface area contributed by atoms with Crippen molar-refractivity contribution in [2.45, 2.75) is 26.9 Å². The van der Waals surface area contributed by atoms with E-state index in [0.717, 1.165) is 27.1 Å². The van der Waals surface area contributed by atoms with E-state index < -0.39 is 6.10 Å². The number of anilines is 1. The number of benzene rings is 2. The molecule has 130 valence electrons. The highest BCUT2D eigenvalue weighted by atomic mass is 32.1. The Labute approximate surface area is 149 Å². The van der Waals surface area contributed by atoms with Gasteiger partial charge in [0.15, 0.2) is 6.10 Å². The molecule has 0 spiro atoms. The SMILES string of the molecule is Cc1ccc(OC(C)C(=O)Nc2ccc3c(c2)sc(=O)n3C)cc1C. The van der Waals surface area contributed by atoms with Crippen LogP contribution in [0.25, 0.3) is 10.2 Å². The Kier molecular flexibility index (Phi) is 4.63. The van der Waals surface area contributed by atoms with E-state index in [1.165, 1.54) is 5.56 Å². The highest BCUT2D eigenvalue weighted by Crippen LogP contribution is 2.22. The van der Waals surface area contributed by atoms with E-state index in [-0.39, 0.29) is 10.8 Å². The molecule has 1 heterocycles. The van der Waals surface area contributed by atoms with Gasteiger partial charge in [0.1, 0.15) is 5.75 Å². The third kappa shape index (κ3) is 3.58. The fraction of sp³-hybridized carbons (Fsp3) is 0.263. The maximum absolute atomic E-state index is 12.4. The Bertz CT molecular complexity index is 1000. The van der Waals surface area contributed by atoms with Crippen LogP contribution in [0, 0.1) is 13.8 Å². The zero-order valence-electron chi connectivity index (χ0n) is 14.6. The van der Waals surface area contributed by atoms with Crippen LogP contribution < -0.4 is 14.9 Å². The van der Waals surface area contributed by atoms with Gasteiger partial charge in [0, 0.05) is 12.7 Å². The molecule has 1 aromatic heterocycles. The number of ether oxygens (including phenoxy) is 1. The van der Waals surface area contributed by atoms with Gasteiger partial charge in [-0.15, -0.1) is 0 Å². The summed E-state index contributed by atoms with van der Waals surface area (Å²) in [4.78, 5) is 24.1. The molecule has 25 heavy (non-hydrogen) atoms. The van der Waals surface area contributed by atoms with Crippen molar-refractivity contribution in [1.82, 2.24) is 4.57 Å². The number of aromatic nitrogens is 1. The highest BCUT2D eigenvalue weighted by Gasteiger charge is 2.16. The molecule has 3 rings (SSSR count). The van der Waals surface area contributed by atoms with Crippen LogP contribution in [0.15, 0.2) is 41.2 Å². The summed E-state index contributed by atoms with van der Waals surface area (Å²) in [5.41, 5.74) is 3.80. The first-order valence-electron chi connectivity index (χ1n) is 7.99. The number of carbonyl (C=O) groups excluding carboxylic acids is 1. The summed E-state index contributed by atoms with van der Waals surface area (Å²) in [5, 5.41) is 2.84. The first-order chi connectivity index (χ1) is 11.8. The van der Waals surface area contributed by atoms with Crippen molar-refractivity contribution >= 4 is 33.1 Å². The largest absolute Gasteiger partial charge is 0.481 e. The van der Waals surface area contributed by atoms with E-state index in [4.69, 9.17) is 4.74 Å². The van der Waals surface area contributed by atoms with Crippen molar-refractivity contribution in [3.05, 3.63) is 57.2 Å². The van der Waals surface area contributed by atoms with Gasteiger partial charge < -0.3 is 14.6 Å². The molecule has 1 unspecified atom stereocenters. The normalized spacial score (nSPS) is 12.2. The van der Waals surface area contributed by atoms with Crippen molar-refractivity contribution in [2.75, 3.05) is 5.32 Å². The van der Waals surface area contributed by atoms with Crippen LogP contribution in [0.3, 0.4) is 0 Å². The maximum Gasteiger partial charge on any atom is 0.307 e. The minimum atomic E-state index is -0.632. The first kappa shape index (κ1) is 17.2. The molecule has 0 saturated carbocycles. The lowest BCUT2D eigenvalue weighted by molar-refractivity contribution is -0.122. The standard InChI is InChI=1S/C19H20N2O3S/c1-11-5-7-15(9-12(11)2)24-13(3)18(22)20-14-6-8-16-17(10-14)25-19(23)21(16)4/h5-10,13H,1-4H3,(H,20,22). The van der Waals surface area contributed by atoms with E-state index >= 15 is 0 Å². The van der Waals surface area contributed by atoms with Crippen molar-refractivity contribution in [2.24, 2.45) is 7.05 Å². The summed E-state index contributed by atoms with van der Waals surface area (Å²) in [7, 11) is 1.74.